The molecule has 2 aliphatic rings. The van der Waals surface area contributed by atoms with E-state index in [-0.39, 0.29) is 5.92 Å². The Morgan fingerprint density at radius 3 is 2.43 bits per heavy atom. The standard InChI is InChI=1S/C33H32N6O3/c40-33(41)25-14-17-37(18-15-25)27-10-6-24(7-11-27)31-29(12-9-26-8-5-23-3-1-2-4-28(23)35-26)36-32-30(13-16-34-39(31)32)38-19-21-42-22-20-38/h1-13,16,25H,14-15,17-22H2,(H,40,41)/b12-9+. The zero-order valence-electron chi connectivity index (χ0n) is 23.3. The number of carboxylic acid groups (broad SMARTS) is 1. The summed E-state index contributed by atoms with van der Waals surface area (Å²) in [7, 11) is 0. The number of imidazole rings is 1. The van der Waals surface area contributed by atoms with Gasteiger partial charge in [0, 0.05) is 42.8 Å². The van der Waals surface area contributed by atoms with Crippen LogP contribution in [0.15, 0.2) is 72.9 Å². The van der Waals surface area contributed by atoms with E-state index in [4.69, 9.17) is 19.8 Å². The number of para-hydroxylation sites is 1. The Bertz CT molecular complexity index is 1770. The molecule has 0 aliphatic carbocycles. The third-order valence-electron chi connectivity index (χ3n) is 8.26. The fraction of sp³-hybridized carbons (Fsp3) is 0.273. The lowest BCUT2D eigenvalue weighted by atomic mass is 9.96. The number of aromatic nitrogens is 4. The number of ether oxygens (including phenoxy) is 1. The molecule has 42 heavy (non-hydrogen) atoms. The first-order valence-electron chi connectivity index (χ1n) is 14.5. The Morgan fingerprint density at radius 1 is 0.857 bits per heavy atom. The highest BCUT2D eigenvalue weighted by Gasteiger charge is 2.25. The summed E-state index contributed by atoms with van der Waals surface area (Å²) < 4.78 is 7.53. The molecule has 0 unspecified atom stereocenters. The molecule has 9 nitrogen and oxygen atoms in total. The summed E-state index contributed by atoms with van der Waals surface area (Å²) in [4.78, 5) is 25.9. The van der Waals surface area contributed by atoms with Crippen LogP contribution in [0.2, 0.25) is 0 Å². The molecule has 0 amide bonds. The summed E-state index contributed by atoms with van der Waals surface area (Å²) in [5.41, 5.74) is 7.48. The topological polar surface area (TPSA) is 96.1 Å². The lowest BCUT2D eigenvalue weighted by Gasteiger charge is -2.32. The maximum Gasteiger partial charge on any atom is 0.306 e. The SMILES string of the molecule is O=C(O)C1CCN(c2ccc(-c3c(/C=C/c4ccc5ccccc5n4)nc4c(N5CCOCC5)ccnn34)cc2)CC1. The van der Waals surface area contributed by atoms with Crippen molar-refractivity contribution in [3.05, 3.63) is 84.3 Å². The van der Waals surface area contributed by atoms with Crippen molar-refractivity contribution in [2.75, 3.05) is 49.2 Å². The van der Waals surface area contributed by atoms with Crippen molar-refractivity contribution in [1.82, 2.24) is 19.6 Å². The summed E-state index contributed by atoms with van der Waals surface area (Å²) >= 11 is 0. The smallest absolute Gasteiger partial charge is 0.306 e. The highest BCUT2D eigenvalue weighted by molar-refractivity contribution is 5.85. The molecule has 0 spiro atoms. The van der Waals surface area contributed by atoms with E-state index in [9.17, 15) is 9.90 Å². The van der Waals surface area contributed by atoms with Crippen LogP contribution in [-0.4, -0.2) is 70.1 Å². The van der Waals surface area contributed by atoms with Crippen molar-refractivity contribution in [3.63, 3.8) is 0 Å². The molecule has 0 bridgehead atoms. The lowest BCUT2D eigenvalue weighted by Crippen LogP contribution is -2.36. The van der Waals surface area contributed by atoms with Crippen LogP contribution in [0.25, 0.3) is 40.0 Å². The number of anilines is 2. The number of hydrogen-bond acceptors (Lipinski definition) is 7. The van der Waals surface area contributed by atoms with Crippen LogP contribution in [0.5, 0.6) is 0 Å². The van der Waals surface area contributed by atoms with Crippen LogP contribution in [0.3, 0.4) is 0 Å². The normalized spacial score (nSPS) is 16.6. The number of morpholine rings is 1. The molecule has 212 valence electrons. The zero-order valence-corrected chi connectivity index (χ0v) is 23.3. The summed E-state index contributed by atoms with van der Waals surface area (Å²) in [6.07, 6.45) is 7.19. The summed E-state index contributed by atoms with van der Waals surface area (Å²) in [6.45, 7) is 4.47. The van der Waals surface area contributed by atoms with Crippen molar-refractivity contribution >= 4 is 46.0 Å². The summed E-state index contributed by atoms with van der Waals surface area (Å²) in [5, 5.41) is 15.2. The molecule has 0 atom stereocenters. The average molecular weight is 561 g/mol. The van der Waals surface area contributed by atoms with Gasteiger partial charge in [0.25, 0.3) is 0 Å². The minimum absolute atomic E-state index is 0.253. The van der Waals surface area contributed by atoms with E-state index >= 15 is 0 Å². The Hall–Kier alpha value is -4.76. The van der Waals surface area contributed by atoms with Crippen LogP contribution in [0.4, 0.5) is 11.4 Å². The highest BCUT2D eigenvalue weighted by atomic mass is 16.5. The van der Waals surface area contributed by atoms with E-state index in [1.807, 2.05) is 53.2 Å². The van der Waals surface area contributed by atoms with Crippen LogP contribution >= 0.6 is 0 Å². The molecule has 2 fully saturated rings. The maximum atomic E-state index is 11.4. The van der Waals surface area contributed by atoms with E-state index in [1.165, 1.54) is 0 Å². The predicted octanol–water partition coefficient (Wildman–Crippen LogP) is 5.25. The Kier molecular flexibility index (Phi) is 7.01. The second kappa shape index (κ2) is 11.3. The number of aliphatic carboxylic acids is 1. The average Bonchev–Trinajstić information content (AvgIpc) is 3.43. The fourth-order valence-corrected chi connectivity index (χ4v) is 5.94. The molecule has 9 heteroatoms. The number of carboxylic acids is 1. The number of pyridine rings is 1. The van der Waals surface area contributed by atoms with E-state index in [0.29, 0.717) is 26.1 Å². The van der Waals surface area contributed by atoms with Gasteiger partial charge in [0.05, 0.1) is 47.9 Å². The second-order valence-corrected chi connectivity index (χ2v) is 10.8. The van der Waals surface area contributed by atoms with E-state index in [0.717, 1.165) is 76.7 Å². The Morgan fingerprint density at radius 2 is 1.64 bits per heavy atom. The third-order valence-corrected chi connectivity index (χ3v) is 8.26. The molecule has 5 aromatic rings. The first kappa shape index (κ1) is 26.2. The first-order chi connectivity index (χ1) is 20.6. The molecule has 7 rings (SSSR count). The molecular formula is C33H32N6O3. The second-order valence-electron chi connectivity index (χ2n) is 10.8. The number of benzene rings is 2. The van der Waals surface area contributed by atoms with E-state index in [1.54, 1.807) is 0 Å². The largest absolute Gasteiger partial charge is 0.481 e. The van der Waals surface area contributed by atoms with Gasteiger partial charge in [0.1, 0.15) is 5.69 Å². The van der Waals surface area contributed by atoms with Gasteiger partial charge in [-0.1, -0.05) is 36.4 Å². The predicted molar refractivity (Wildman–Crippen MR) is 165 cm³/mol. The zero-order chi connectivity index (χ0) is 28.5. The highest BCUT2D eigenvalue weighted by Crippen LogP contribution is 2.32. The van der Waals surface area contributed by atoms with Crippen molar-refractivity contribution in [2.24, 2.45) is 5.92 Å². The number of rotatable bonds is 6. The van der Waals surface area contributed by atoms with Crippen LogP contribution < -0.4 is 9.80 Å². The van der Waals surface area contributed by atoms with Gasteiger partial charge in [0.2, 0.25) is 0 Å². The minimum atomic E-state index is -0.693. The van der Waals surface area contributed by atoms with E-state index in [2.05, 4.69) is 46.2 Å². The Labute approximate surface area is 243 Å². The number of nitrogens with zero attached hydrogens (tertiary/aromatic N) is 6. The van der Waals surface area contributed by atoms with Gasteiger partial charge < -0.3 is 19.6 Å². The van der Waals surface area contributed by atoms with Crippen molar-refractivity contribution in [1.29, 1.82) is 0 Å². The van der Waals surface area contributed by atoms with Gasteiger partial charge in [-0.3, -0.25) is 4.79 Å². The van der Waals surface area contributed by atoms with Crippen molar-refractivity contribution < 1.29 is 14.6 Å². The molecule has 2 aromatic carbocycles. The van der Waals surface area contributed by atoms with Gasteiger partial charge in [-0.25, -0.2) is 14.5 Å². The molecule has 2 saturated heterocycles. The first-order valence-corrected chi connectivity index (χ1v) is 14.5. The van der Waals surface area contributed by atoms with Crippen molar-refractivity contribution in [2.45, 2.75) is 12.8 Å². The number of piperidine rings is 1. The molecule has 2 aliphatic heterocycles. The molecule has 1 N–H and O–H groups in total. The van der Waals surface area contributed by atoms with Crippen LogP contribution in [0.1, 0.15) is 24.2 Å². The minimum Gasteiger partial charge on any atom is -0.481 e. The van der Waals surface area contributed by atoms with Gasteiger partial charge in [0.15, 0.2) is 5.65 Å². The van der Waals surface area contributed by atoms with Gasteiger partial charge >= 0.3 is 5.97 Å². The fourth-order valence-electron chi connectivity index (χ4n) is 5.94. The quantitative estimate of drug-likeness (QED) is 0.301. The van der Waals surface area contributed by atoms with Crippen LogP contribution in [0, 0.1) is 5.92 Å². The van der Waals surface area contributed by atoms with Gasteiger partial charge in [-0.15, -0.1) is 0 Å². The third kappa shape index (κ3) is 5.07. The van der Waals surface area contributed by atoms with E-state index < -0.39 is 5.97 Å². The monoisotopic (exact) mass is 560 g/mol. The summed E-state index contributed by atoms with van der Waals surface area (Å²) in [5.74, 6) is -0.946. The molecule has 0 saturated carbocycles. The lowest BCUT2D eigenvalue weighted by molar-refractivity contribution is -0.142. The summed E-state index contributed by atoms with van der Waals surface area (Å²) in [6, 6.07) is 22.7. The van der Waals surface area contributed by atoms with Crippen molar-refractivity contribution in [3.8, 4) is 11.3 Å². The maximum absolute atomic E-state index is 11.4. The molecule has 5 heterocycles. The number of fused-ring (bicyclic) bond motifs is 2. The molecule has 0 radical (unpaired) electrons. The number of carbonyl (C=O) groups is 1. The van der Waals surface area contributed by atoms with Gasteiger partial charge in [-0.2, -0.15) is 5.10 Å². The van der Waals surface area contributed by atoms with Gasteiger partial charge in [-0.05, 0) is 55.3 Å². The Balaban J connectivity index is 1.26. The van der Waals surface area contributed by atoms with Crippen LogP contribution in [-0.2, 0) is 9.53 Å². The molecule has 3 aromatic heterocycles. The number of hydrogen-bond donors (Lipinski definition) is 1. The molecular weight excluding hydrogens is 528 g/mol.